The molecule has 0 saturated carbocycles. The van der Waals surface area contributed by atoms with Crippen molar-refractivity contribution >= 4 is 5.91 Å². The number of carbonyl (C=O) groups is 1. The second-order valence-corrected chi connectivity index (χ2v) is 7.66. The number of methoxy groups -OCH3 is 2. The molecule has 1 aliphatic rings. The Bertz CT molecular complexity index is 897. The second-order valence-electron chi connectivity index (χ2n) is 7.66. The molecule has 2 aromatic rings. The van der Waals surface area contributed by atoms with Gasteiger partial charge in [-0.05, 0) is 62.1 Å². The van der Waals surface area contributed by atoms with Crippen LogP contribution in [-0.4, -0.2) is 49.3 Å². The molecule has 2 N–H and O–H groups in total. The molecule has 156 valence electrons. The van der Waals surface area contributed by atoms with Crippen LogP contribution in [0, 0.1) is 13.8 Å². The summed E-state index contributed by atoms with van der Waals surface area (Å²) in [6.07, 6.45) is 0.889. The molecule has 1 heterocycles. The van der Waals surface area contributed by atoms with Gasteiger partial charge in [0.25, 0.3) is 5.91 Å². The van der Waals surface area contributed by atoms with Gasteiger partial charge in [0.2, 0.25) is 0 Å². The van der Waals surface area contributed by atoms with Crippen LogP contribution >= 0.6 is 0 Å². The lowest BCUT2D eigenvalue weighted by Gasteiger charge is -2.27. The zero-order valence-electron chi connectivity index (χ0n) is 17.8. The van der Waals surface area contributed by atoms with Gasteiger partial charge in [-0.25, -0.2) is 0 Å². The van der Waals surface area contributed by atoms with E-state index < -0.39 is 0 Å². The van der Waals surface area contributed by atoms with Crippen molar-refractivity contribution in [2.75, 3.05) is 27.3 Å². The lowest BCUT2D eigenvalue weighted by Crippen LogP contribution is -2.37. The third-order valence-electron chi connectivity index (χ3n) is 5.94. The fraction of sp³-hybridized carbons (Fsp3) is 0.435. The molecule has 29 heavy (non-hydrogen) atoms. The summed E-state index contributed by atoms with van der Waals surface area (Å²) < 4.78 is 10.6. The monoisotopic (exact) mass is 398 g/mol. The Morgan fingerprint density at radius 1 is 1.17 bits per heavy atom. The summed E-state index contributed by atoms with van der Waals surface area (Å²) in [5.74, 6) is 1.19. The van der Waals surface area contributed by atoms with Crippen LogP contribution in [0.15, 0.2) is 30.3 Å². The number of rotatable bonds is 6. The van der Waals surface area contributed by atoms with Crippen LogP contribution in [-0.2, 0) is 0 Å². The summed E-state index contributed by atoms with van der Waals surface area (Å²) >= 11 is 0. The summed E-state index contributed by atoms with van der Waals surface area (Å²) in [6.45, 7) is 8.13. The Morgan fingerprint density at radius 2 is 1.93 bits per heavy atom. The topological polar surface area (TPSA) is 71.0 Å². The Kier molecular flexibility index (Phi) is 6.33. The summed E-state index contributed by atoms with van der Waals surface area (Å²) in [4.78, 5) is 15.0. The number of ether oxygens (including phenoxy) is 2. The number of benzene rings is 2. The van der Waals surface area contributed by atoms with Crippen LogP contribution < -0.4 is 14.8 Å². The number of hydrogen-bond acceptors (Lipinski definition) is 5. The molecule has 1 amide bonds. The van der Waals surface area contributed by atoms with Crippen molar-refractivity contribution in [2.45, 2.75) is 39.3 Å². The Hall–Kier alpha value is -2.73. The molecule has 2 aromatic carbocycles. The molecule has 0 aromatic heterocycles. The van der Waals surface area contributed by atoms with Gasteiger partial charge < -0.3 is 19.9 Å². The van der Waals surface area contributed by atoms with Crippen molar-refractivity contribution in [3.63, 3.8) is 0 Å². The molecule has 6 heteroatoms. The number of carbonyl (C=O) groups excluding carboxylic acids is 1. The van der Waals surface area contributed by atoms with E-state index >= 15 is 0 Å². The standard InChI is InChI=1S/C23H30N2O4/c1-14-15(2)22(29-5)7-6-21(14)16(3)25-9-8-18(13-25)24-23(27)17-10-19(26)12-20(11-17)28-4/h6-7,10-12,16,18,26H,8-9,13H2,1-5H3,(H,24,27). The van der Waals surface area contributed by atoms with Gasteiger partial charge in [-0.3, -0.25) is 9.69 Å². The highest BCUT2D eigenvalue weighted by atomic mass is 16.5. The number of nitrogens with one attached hydrogen (secondary N) is 1. The van der Waals surface area contributed by atoms with E-state index in [2.05, 4.69) is 37.1 Å². The van der Waals surface area contributed by atoms with Crippen LogP contribution in [0.25, 0.3) is 0 Å². The van der Waals surface area contributed by atoms with E-state index in [1.165, 1.54) is 35.9 Å². The molecule has 1 aliphatic heterocycles. The number of nitrogens with zero attached hydrogens (tertiary/aromatic N) is 1. The normalized spacial score (nSPS) is 17.8. The van der Waals surface area contributed by atoms with Gasteiger partial charge >= 0.3 is 0 Å². The first-order valence-electron chi connectivity index (χ1n) is 9.91. The average molecular weight is 399 g/mol. The number of amides is 1. The maximum absolute atomic E-state index is 12.6. The van der Waals surface area contributed by atoms with Crippen molar-refractivity contribution in [3.05, 3.63) is 52.6 Å². The Labute approximate surface area is 172 Å². The largest absolute Gasteiger partial charge is 0.508 e. The number of phenols is 1. The zero-order chi connectivity index (χ0) is 21.1. The first kappa shape index (κ1) is 21.0. The smallest absolute Gasteiger partial charge is 0.251 e. The number of phenolic OH excluding ortho intramolecular Hbond substituents is 1. The SMILES string of the molecule is COc1cc(O)cc(C(=O)NC2CCN(C(C)c3ccc(OC)c(C)c3C)C2)c1. The minimum absolute atomic E-state index is 0.0153. The van der Waals surface area contributed by atoms with E-state index in [0.717, 1.165) is 25.3 Å². The molecular formula is C23H30N2O4. The average Bonchev–Trinajstić information content (AvgIpc) is 3.17. The first-order chi connectivity index (χ1) is 13.8. The highest BCUT2D eigenvalue weighted by Gasteiger charge is 2.29. The van der Waals surface area contributed by atoms with E-state index in [-0.39, 0.29) is 23.7 Å². The number of hydrogen-bond donors (Lipinski definition) is 2. The van der Waals surface area contributed by atoms with Crippen LogP contribution in [0.2, 0.25) is 0 Å². The summed E-state index contributed by atoms with van der Waals surface area (Å²) in [5, 5.41) is 12.9. The van der Waals surface area contributed by atoms with E-state index in [1.807, 2.05) is 6.07 Å². The van der Waals surface area contributed by atoms with Gasteiger partial charge in [-0.2, -0.15) is 0 Å². The minimum atomic E-state index is -0.199. The maximum Gasteiger partial charge on any atom is 0.251 e. The van der Waals surface area contributed by atoms with E-state index in [0.29, 0.717) is 11.3 Å². The summed E-state index contributed by atoms with van der Waals surface area (Å²) in [6, 6.07) is 9.05. The van der Waals surface area contributed by atoms with Crippen LogP contribution in [0.5, 0.6) is 17.2 Å². The quantitative estimate of drug-likeness (QED) is 0.778. The Balaban J connectivity index is 1.66. The summed E-state index contributed by atoms with van der Waals surface area (Å²) in [7, 11) is 3.20. The van der Waals surface area contributed by atoms with E-state index in [1.54, 1.807) is 13.2 Å². The fourth-order valence-corrected chi connectivity index (χ4v) is 4.05. The van der Waals surface area contributed by atoms with Crippen molar-refractivity contribution in [1.82, 2.24) is 10.2 Å². The van der Waals surface area contributed by atoms with Gasteiger partial charge in [0.15, 0.2) is 0 Å². The van der Waals surface area contributed by atoms with Crippen LogP contribution in [0.3, 0.4) is 0 Å². The Morgan fingerprint density at radius 3 is 2.62 bits per heavy atom. The molecule has 0 radical (unpaired) electrons. The molecule has 0 spiro atoms. The number of aromatic hydroxyl groups is 1. The van der Waals surface area contributed by atoms with E-state index in [9.17, 15) is 9.90 Å². The van der Waals surface area contributed by atoms with Crippen molar-refractivity contribution < 1.29 is 19.4 Å². The van der Waals surface area contributed by atoms with Crippen molar-refractivity contribution in [3.8, 4) is 17.2 Å². The molecule has 1 saturated heterocycles. The molecule has 2 unspecified atom stereocenters. The maximum atomic E-state index is 12.6. The van der Waals surface area contributed by atoms with Crippen molar-refractivity contribution in [2.24, 2.45) is 0 Å². The predicted octanol–water partition coefficient (Wildman–Crippen LogP) is 3.59. The zero-order valence-corrected chi connectivity index (χ0v) is 17.8. The molecule has 0 aliphatic carbocycles. The molecule has 0 bridgehead atoms. The molecule has 6 nitrogen and oxygen atoms in total. The third-order valence-corrected chi connectivity index (χ3v) is 5.94. The van der Waals surface area contributed by atoms with Crippen LogP contribution in [0.4, 0.5) is 0 Å². The summed E-state index contributed by atoms with van der Waals surface area (Å²) in [5.41, 5.74) is 4.10. The van der Waals surface area contributed by atoms with Gasteiger partial charge in [0.1, 0.15) is 17.2 Å². The second kappa shape index (κ2) is 8.74. The van der Waals surface area contributed by atoms with E-state index in [4.69, 9.17) is 9.47 Å². The highest BCUT2D eigenvalue weighted by Crippen LogP contribution is 2.32. The highest BCUT2D eigenvalue weighted by molar-refractivity contribution is 5.95. The van der Waals surface area contributed by atoms with Crippen molar-refractivity contribution in [1.29, 1.82) is 0 Å². The minimum Gasteiger partial charge on any atom is -0.508 e. The van der Waals surface area contributed by atoms with Crippen LogP contribution in [0.1, 0.15) is 46.4 Å². The fourth-order valence-electron chi connectivity index (χ4n) is 4.05. The molecule has 3 rings (SSSR count). The molecular weight excluding hydrogens is 368 g/mol. The molecule has 1 fully saturated rings. The third kappa shape index (κ3) is 4.48. The van der Waals surface area contributed by atoms with Gasteiger partial charge in [-0.1, -0.05) is 6.07 Å². The first-order valence-corrected chi connectivity index (χ1v) is 9.91. The predicted molar refractivity (Wildman–Crippen MR) is 113 cm³/mol. The number of likely N-dealkylation sites (tertiary alicyclic amines) is 1. The lowest BCUT2D eigenvalue weighted by atomic mass is 9.97. The van der Waals surface area contributed by atoms with Gasteiger partial charge in [0.05, 0.1) is 14.2 Å². The van der Waals surface area contributed by atoms with Gasteiger partial charge in [0, 0.05) is 36.8 Å². The molecule has 2 atom stereocenters. The van der Waals surface area contributed by atoms with Gasteiger partial charge in [-0.15, -0.1) is 0 Å². The lowest BCUT2D eigenvalue weighted by molar-refractivity contribution is 0.0935.